The molecule has 33 heavy (non-hydrogen) atoms. The number of ketones is 4. The molecule has 0 aromatic heterocycles. The van der Waals surface area contributed by atoms with Gasteiger partial charge in [0.05, 0.1) is 29.5 Å². The highest BCUT2D eigenvalue weighted by atomic mass is 16.3. The van der Waals surface area contributed by atoms with E-state index in [0.717, 1.165) is 0 Å². The maximum atomic E-state index is 13.7. The van der Waals surface area contributed by atoms with E-state index < -0.39 is 76.4 Å². The van der Waals surface area contributed by atoms with Gasteiger partial charge in [0.1, 0.15) is 5.75 Å². The summed E-state index contributed by atoms with van der Waals surface area (Å²) in [5.74, 6) is -13.1. The van der Waals surface area contributed by atoms with Gasteiger partial charge in [0.15, 0.2) is 34.7 Å². The number of aliphatic hydroxyl groups excluding tert-OH is 1. The van der Waals surface area contributed by atoms with E-state index in [1.807, 2.05) is 0 Å². The number of hydrogen-bond donors (Lipinski definition) is 4. The molecule has 0 spiro atoms. The summed E-state index contributed by atoms with van der Waals surface area (Å²) in [6.07, 6.45) is -1.62. The number of aromatic hydroxyl groups is 1. The van der Waals surface area contributed by atoms with Crippen LogP contribution in [0.3, 0.4) is 0 Å². The van der Waals surface area contributed by atoms with Crippen molar-refractivity contribution in [1.29, 1.82) is 0 Å². The Balaban J connectivity index is 1.97. The molecule has 8 unspecified atom stereocenters. The van der Waals surface area contributed by atoms with E-state index >= 15 is 0 Å². The van der Waals surface area contributed by atoms with Crippen LogP contribution in [-0.2, 0) is 19.2 Å². The molecular formula is C23H26N2O8. The maximum absolute atomic E-state index is 13.7. The molecule has 2 saturated carbocycles. The number of aryl methyl sites for hydroxylation is 1. The smallest absolute Gasteiger partial charge is 0.235 e. The van der Waals surface area contributed by atoms with Gasteiger partial charge in [0.2, 0.25) is 5.91 Å². The molecule has 1 amide bonds. The number of nitrogens with zero attached hydrogens (tertiary/aromatic N) is 1. The number of Topliss-reactive ketones (excluding diaryl/α,β-unsaturated/α-hetero) is 4. The van der Waals surface area contributed by atoms with Crippen molar-refractivity contribution in [1.82, 2.24) is 4.90 Å². The van der Waals surface area contributed by atoms with Crippen molar-refractivity contribution in [3.63, 3.8) is 0 Å². The third kappa shape index (κ3) is 2.81. The van der Waals surface area contributed by atoms with Crippen molar-refractivity contribution < 1.29 is 39.3 Å². The maximum Gasteiger partial charge on any atom is 0.235 e. The van der Waals surface area contributed by atoms with Gasteiger partial charge < -0.3 is 21.1 Å². The van der Waals surface area contributed by atoms with Crippen LogP contribution in [-0.4, -0.2) is 81.1 Å². The van der Waals surface area contributed by atoms with Gasteiger partial charge in [-0.05, 0) is 44.1 Å². The first kappa shape index (κ1) is 23.2. The van der Waals surface area contributed by atoms with Crippen LogP contribution in [0.5, 0.6) is 5.75 Å². The van der Waals surface area contributed by atoms with E-state index in [0.29, 0.717) is 11.1 Å². The number of aliphatic hydroxyl groups is 2. The van der Waals surface area contributed by atoms with E-state index in [1.165, 1.54) is 25.1 Å². The molecule has 2 fully saturated rings. The Morgan fingerprint density at radius 2 is 1.73 bits per heavy atom. The van der Waals surface area contributed by atoms with Crippen LogP contribution in [0.4, 0.5) is 0 Å². The van der Waals surface area contributed by atoms with Crippen LogP contribution >= 0.6 is 0 Å². The van der Waals surface area contributed by atoms with Crippen molar-refractivity contribution in [2.24, 2.45) is 29.4 Å². The molecule has 4 rings (SSSR count). The lowest BCUT2D eigenvalue weighted by Gasteiger charge is -2.56. The summed E-state index contributed by atoms with van der Waals surface area (Å²) in [6.45, 7) is 3.39. The van der Waals surface area contributed by atoms with Crippen molar-refractivity contribution in [3.05, 3.63) is 28.8 Å². The monoisotopic (exact) mass is 458 g/mol. The van der Waals surface area contributed by atoms with Gasteiger partial charge in [-0.2, -0.15) is 0 Å². The van der Waals surface area contributed by atoms with Crippen LogP contribution in [0.1, 0.15) is 34.3 Å². The fourth-order valence-electron chi connectivity index (χ4n) is 6.17. The number of rotatable bonds is 2. The normalized spacial score (nSPS) is 38.1. The zero-order valence-electron chi connectivity index (χ0n) is 18.6. The number of phenols is 1. The lowest BCUT2D eigenvalue weighted by Crippen LogP contribution is -2.77. The van der Waals surface area contributed by atoms with Crippen molar-refractivity contribution in [2.75, 3.05) is 14.1 Å². The number of carbonyl (C=O) groups is 5. The number of likely N-dealkylation sites (N-methyl/N-ethyl adjacent to an activating group) is 1. The van der Waals surface area contributed by atoms with Gasteiger partial charge in [-0.15, -0.1) is 0 Å². The molecule has 8 atom stereocenters. The second-order valence-corrected chi connectivity index (χ2v) is 9.61. The summed E-state index contributed by atoms with van der Waals surface area (Å²) < 4.78 is 0. The average Bonchev–Trinajstić information content (AvgIpc) is 2.70. The molecule has 0 heterocycles. The molecule has 1 aromatic rings. The summed E-state index contributed by atoms with van der Waals surface area (Å²) in [4.78, 5) is 66.7. The number of phenolic OH excluding ortho intramolecular Hbond substituents is 1. The van der Waals surface area contributed by atoms with E-state index in [9.17, 15) is 39.3 Å². The first-order valence-corrected chi connectivity index (χ1v) is 10.6. The third-order valence-corrected chi connectivity index (χ3v) is 7.57. The van der Waals surface area contributed by atoms with E-state index in [4.69, 9.17) is 5.73 Å². The molecule has 0 bridgehead atoms. The van der Waals surface area contributed by atoms with Gasteiger partial charge in [-0.25, -0.2) is 0 Å². The van der Waals surface area contributed by atoms with Gasteiger partial charge in [-0.3, -0.25) is 28.9 Å². The molecule has 3 aliphatic rings. The fourth-order valence-corrected chi connectivity index (χ4v) is 6.17. The Kier molecular flexibility index (Phi) is 5.12. The van der Waals surface area contributed by atoms with Gasteiger partial charge in [0, 0.05) is 5.92 Å². The topological polar surface area (TPSA) is 175 Å². The summed E-state index contributed by atoms with van der Waals surface area (Å²) >= 11 is 0. The lowest BCUT2D eigenvalue weighted by molar-refractivity contribution is -0.196. The average molecular weight is 458 g/mol. The zero-order chi connectivity index (χ0) is 24.7. The minimum atomic E-state index is -2.98. The van der Waals surface area contributed by atoms with Crippen molar-refractivity contribution in [2.45, 2.75) is 37.5 Å². The number of amides is 1. The number of carbonyl (C=O) groups excluding carboxylic acids is 5. The molecule has 0 aliphatic heterocycles. The highest BCUT2D eigenvalue weighted by Crippen LogP contribution is 2.54. The Labute approximate surface area is 189 Å². The molecular weight excluding hydrogens is 432 g/mol. The van der Waals surface area contributed by atoms with Crippen LogP contribution in [0.2, 0.25) is 0 Å². The quantitative estimate of drug-likeness (QED) is 0.393. The molecule has 3 aliphatic carbocycles. The zero-order valence-corrected chi connectivity index (χ0v) is 18.6. The fraction of sp³-hybridized carbons (Fsp3) is 0.522. The molecule has 10 nitrogen and oxygen atoms in total. The van der Waals surface area contributed by atoms with Crippen molar-refractivity contribution >= 4 is 29.0 Å². The minimum Gasteiger partial charge on any atom is -0.507 e. The number of benzene rings is 1. The lowest BCUT2D eigenvalue weighted by atomic mass is 9.49. The van der Waals surface area contributed by atoms with E-state index in [-0.39, 0.29) is 11.3 Å². The minimum absolute atomic E-state index is 0.105. The Bertz CT molecular complexity index is 1130. The Morgan fingerprint density at radius 1 is 1.12 bits per heavy atom. The van der Waals surface area contributed by atoms with Crippen LogP contribution in [0, 0.1) is 30.6 Å². The second-order valence-electron chi connectivity index (χ2n) is 9.61. The molecule has 176 valence electrons. The van der Waals surface area contributed by atoms with E-state index in [1.54, 1.807) is 19.9 Å². The van der Waals surface area contributed by atoms with Crippen LogP contribution in [0.15, 0.2) is 12.1 Å². The number of hydrogen-bond acceptors (Lipinski definition) is 9. The predicted octanol–water partition coefficient (Wildman–Crippen LogP) is -1.29. The molecule has 10 heteroatoms. The Hall–Kier alpha value is -2.95. The van der Waals surface area contributed by atoms with Crippen LogP contribution in [0.25, 0.3) is 0 Å². The predicted molar refractivity (Wildman–Crippen MR) is 112 cm³/mol. The molecule has 5 N–H and O–H groups in total. The first-order valence-electron chi connectivity index (χ1n) is 10.6. The van der Waals surface area contributed by atoms with E-state index in [2.05, 4.69) is 0 Å². The molecule has 0 radical (unpaired) electrons. The highest BCUT2D eigenvalue weighted by Gasteiger charge is 2.72. The highest BCUT2D eigenvalue weighted by molar-refractivity contribution is 6.32. The van der Waals surface area contributed by atoms with Gasteiger partial charge in [0.25, 0.3) is 0 Å². The molecule has 1 aromatic carbocycles. The molecule has 0 saturated heterocycles. The largest absolute Gasteiger partial charge is 0.507 e. The van der Waals surface area contributed by atoms with Crippen LogP contribution < -0.4 is 5.73 Å². The summed E-state index contributed by atoms with van der Waals surface area (Å²) in [5.41, 5.74) is 3.28. The summed E-state index contributed by atoms with van der Waals surface area (Å²) in [5, 5.41) is 33.4. The second kappa shape index (κ2) is 7.28. The summed E-state index contributed by atoms with van der Waals surface area (Å²) in [7, 11) is 2.90. The summed E-state index contributed by atoms with van der Waals surface area (Å²) in [6, 6.07) is 1.66. The SMILES string of the molecule is Cc1cc(O)c2c(c1)C(C)C1C(C2=O)C(=O)C2(O)C(=O)C(C(N)=O)C(=O)C(N(C)C)C2C1O. The number of fused-ring (bicyclic) bond motifs is 3. The number of primary amides is 1. The van der Waals surface area contributed by atoms with Gasteiger partial charge >= 0.3 is 0 Å². The standard InChI is InChI=1S/C23H26N2O8/c1-7-5-9-8(2)11-13(17(27)12(9)10(26)6-7)20(30)23(33)15(18(11)28)16(25(3)4)19(29)14(21(23)31)22(24)32/h5-6,8,11,13-16,18,26,28,33H,1-4H3,(H2,24,32). The number of nitrogens with two attached hydrogens (primary N) is 1. The Morgan fingerprint density at radius 3 is 2.27 bits per heavy atom. The van der Waals surface area contributed by atoms with Gasteiger partial charge in [-0.1, -0.05) is 13.0 Å². The van der Waals surface area contributed by atoms with Crippen molar-refractivity contribution in [3.8, 4) is 5.75 Å². The first-order chi connectivity index (χ1) is 15.3. The third-order valence-electron chi connectivity index (χ3n) is 7.57.